The molecule has 0 heterocycles. The number of hydrogen-bond donors (Lipinski definition) is 1. The third kappa shape index (κ3) is 3.03. The zero-order valence-corrected chi connectivity index (χ0v) is 11.5. The standard InChI is InChI=1S/C15H22N2O/c1-4-12-9-13(6-5-11(12)2)16-10-15(18)17(3)14-7-8-14/h5-6,9,14,16H,4,7-8,10H2,1-3H3. The number of amides is 1. The second-order valence-electron chi connectivity index (χ2n) is 5.08. The maximum Gasteiger partial charge on any atom is 0.241 e. The fourth-order valence-corrected chi connectivity index (χ4v) is 2.13. The van der Waals surface area contributed by atoms with Crippen molar-refractivity contribution in [2.45, 2.75) is 39.2 Å². The van der Waals surface area contributed by atoms with Crippen LogP contribution in [0.25, 0.3) is 0 Å². The summed E-state index contributed by atoms with van der Waals surface area (Å²) in [6, 6.07) is 6.78. The monoisotopic (exact) mass is 246 g/mol. The normalized spacial score (nSPS) is 14.4. The lowest BCUT2D eigenvalue weighted by molar-refractivity contribution is -0.128. The molecule has 1 aliphatic carbocycles. The van der Waals surface area contributed by atoms with Gasteiger partial charge in [-0.05, 0) is 49.4 Å². The molecule has 0 saturated heterocycles. The van der Waals surface area contributed by atoms with Crippen LogP contribution in [-0.2, 0) is 11.2 Å². The van der Waals surface area contributed by atoms with Crippen LogP contribution in [0.3, 0.4) is 0 Å². The highest BCUT2D eigenvalue weighted by molar-refractivity contribution is 5.81. The van der Waals surface area contributed by atoms with Crippen LogP contribution in [0.1, 0.15) is 30.9 Å². The van der Waals surface area contributed by atoms with Gasteiger partial charge in [0.1, 0.15) is 0 Å². The topological polar surface area (TPSA) is 32.3 Å². The fraction of sp³-hybridized carbons (Fsp3) is 0.533. The molecule has 1 fully saturated rings. The number of benzene rings is 1. The van der Waals surface area contributed by atoms with Crippen LogP contribution in [-0.4, -0.2) is 30.4 Å². The van der Waals surface area contributed by atoms with E-state index in [9.17, 15) is 4.79 Å². The molecule has 0 bridgehead atoms. The lowest BCUT2D eigenvalue weighted by Crippen LogP contribution is -2.33. The molecule has 98 valence electrons. The zero-order chi connectivity index (χ0) is 13.1. The molecule has 0 radical (unpaired) electrons. The molecule has 1 amide bonds. The summed E-state index contributed by atoms with van der Waals surface area (Å²) in [4.78, 5) is 13.7. The van der Waals surface area contributed by atoms with Gasteiger partial charge in [0.2, 0.25) is 5.91 Å². The molecule has 1 aliphatic rings. The molecule has 0 aliphatic heterocycles. The molecule has 2 rings (SSSR count). The van der Waals surface area contributed by atoms with Crippen LogP contribution in [0.4, 0.5) is 5.69 Å². The van der Waals surface area contributed by atoms with Gasteiger partial charge in [0, 0.05) is 18.8 Å². The molecule has 3 heteroatoms. The molecular weight excluding hydrogens is 224 g/mol. The van der Waals surface area contributed by atoms with Gasteiger partial charge in [0.15, 0.2) is 0 Å². The van der Waals surface area contributed by atoms with E-state index in [2.05, 4.69) is 31.3 Å². The summed E-state index contributed by atoms with van der Waals surface area (Å²) in [6.45, 7) is 4.66. The third-order valence-electron chi connectivity index (χ3n) is 3.66. The van der Waals surface area contributed by atoms with Crippen molar-refractivity contribution >= 4 is 11.6 Å². The molecular formula is C15H22N2O. The summed E-state index contributed by atoms with van der Waals surface area (Å²) in [5.41, 5.74) is 3.68. The molecule has 1 aromatic rings. The van der Waals surface area contributed by atoms with Gasteiger partial charge < -0.3 is 10.2 Å². The second-order valence-corrected chi connectivity index (χ2v) is 5.08. The van der Waals surface area contributed by atoms with Crippen molar-refractivity contribution in [3.05, 3.63) is 29.3 Å². The van der Waals surface area contributed by atoms with Gasteiger partial charge >= 0.3 is 0 Å². The van der Waals surface area contributed by atoms with Gasteiger partial charge in [-0.2, -0.15) is 0 Å². The minimum absolute atomic E-state index is 0.177. The van der Waals surface area contributed by atoms with Crippen LogP contribution in [0, 0.1) is 6.92 Å². The number of aryl methyl sites for hydroxylation is 2. The number of nitrogens with one attached hydrogen (secondary N) is 1. The predicted molar refractivity (Wildman–Crippen MR) is 74.8 cm³/mol. The summed E-state index contributed by atoms with van der Waals surface area (Å²) in [5.74, 6) is 0.177. The Morgan fingerprint density at radius 1 is 1.44 bits per heavy atom. The quantitative estimate of drug-likeness (QED) is 0.866. The van der Waals surface area contributed by atoms with Crippen molar-refractivity contribution in [1.82, 2.24) is 4.90 Å². The van der Waals surface area contributed by atoms with Gasteiger partial charge in [0.25, 0.3) is 0 Å². The van der Waals surface area contributed by atoms with E-state index in [1.165, 1.54) is 11.1 Å². The Balaban J connectivity index is 1.91. The highest BCUT2D eigenvalue weighted by atomic mass is 16.2. The van der Waals surface area contributed by atoms with Gasteiger partial charge in [-0.1, -0.05) is 13.0 Å². The smallest absolute Gasteiger partial charge is 0.241 e. The Morgan fingerprint density at radius 2 is 2.17 bits per heavy atom. The first-order valence-corrected chi connectivity index (χ1v) is 6.71. The van der Waals surface area contributed by atoms with Crippen LogP contribution in [0.2, 0.25) is 0 Å². The molecule has 0 spiro atoms. The molecule has 1 N–H and O–H groups in total. The van der Waals surface area contributed by atoms with Gasteiger partial charge in [-0.15, -0.1) is 0 Å². The van der Waals surface area contributed by atoms with Crippen LogP contribution >= 0.6 is 0 Å². The van der Waals surface area contributed by atoms with Crippen molar-refractivity contribution in [2.24, 2.45) is 0 Å². The number of anilines is 1. The van der Waals surface area contributed by atoms with Gasteiger partial charge in [-0.25, -0.2) is 0 Å². The first-order chi connectivity index (χ1) is 8.61. The van der Waals surface area contributed by atoms with Crippen molar-refractivity contribution in [1.29, 1.82) is 0 Å². The van der Waals surface area contributed by atoms with E-state index in [1.54, 1.807) is 0 Å². The molecule has 1 aromatic carbocycles. The van der Waals surface area contributed by atoms with E-state index in [0.29, 0.717) is 12.6 Å². The maximum atomic E-state index is 11.9. The Morgan fingerprint density at radius 3 is 2.78 bits per heavy atom. The third-order valence-corrected chi connectivity index (χ3v) is 3.66. The van der Waals surface area contributed by atoms with E-state index in [1.807, 2.05) is 18.0 Å². The molecule has 0 atom stereocenters. The molecule has 1 saturated carbocycles. The summed E-state index contributed by atoms with van der Waals surface area (Å²) in [7, 11) is 1.90. The summed E-state index contributed by atoms with van der Waals surface area (Å²) < 4.78 is 0. The number of carbonyl (C=O) groups excluding carboxylic acids is 1. The summed E-state index contributed by atoms with van der Waals surface area (Å²) in [5, 5.41) is 3.22. The Labute approximate surface area is 109 Å². The zero-order valence-electron chi connectivity index (χ0n) is 11.5. The number of likely N-dealkylation sites (N-methyl/N-ethyl adjacent to an activating group) is 1. The summed E-state index contributed by atoms with van der Waals surface area (Å²) in [6.07, 6.45) is 3.34. The maximum absolute atomic E-state index is 11.9. The van der Waals surface area contributed by atoms with E-state index in [4.69, 9.17) is 0 Å². The molecule has 0 unspecified atom stereocenters. The van der Waals surface area contributed by atoms with E-state index >= 15 is 0 Å². The lowest BCUT2D eigenvalue weighted by Gasteiger charge is -2.17. The molecule has 0 aromatic heterocycles. The minimum atomic E-state index is 0.177. The lowest BCUT2D eigenvalue weighted by atomic mass is 10.1. The van der Waals surface area contributed by atoms with Crippen molar-refractivity contribution in [2.75, 3.05) is 18.9 Å². The highest BCUT2D eigenvalue weighted by Crippen LogP contribution is 2.25. The highest BCUT2D eigenvalue weighted by Gasteiger charge is 2.29. The summed E-state index contributed by atoms with van der Waals surface area (Å²) >= 11 is 0. The van der Waals surface area contributed by atoms with Crippen LogP contribution < -0.4 is 5.32 Å². The number of hydrogen-bond acceptors (Lipinski definition) is 2. The number of nitrogens with zero attached hydrogens (tertiary/aromatic N) is 1. The van der Waals surface area contributed by atoms with Crippen LogP contribution in [0.15, 0.2) is 18.2 Å². The largest absolute Gasteiger partial charge is 0.376 e. The predicted octanol–water partition coefficient (Wildman–Crippen LogP) is 2.59. The van der Waals surface area contributed by atoms with E-state index < -0.39 is 0 Å². The van der Waals surface area contributed by atoms with E-state index in [-0.39, 0.29) is 5.91 Å². The Hall–Kier alpha value is -1.51. The van der Waals surface area contributed by atoms with Gasteiger partial charge in [-0.3, -0.25) is 4.79 Å². The number of rotatable bonds is 5. The molecule has 18 heavy (non-hydrogen) atoms. The first-order valence-electron chi connectivity index (χ1n) is 6.71. The fourth-order valence-electron chi connectivity index (χ4n) is 2.13. The number of carbonyl (C=O) groups is 1. The minimum Gasteiger partial charge on any atom is -0.376 e. The SMILES string of the molecule is CCc1cc(NCC(=O)N(C)C2CC2)ccc1C. The van der Waals surface area contributed by atoms with Crippen molar-refractivity contribution in [3.63, 3.8) is 0 Å². The van der Waals surface area contributed by atoms with Crippen molar-refractivity contribution in [3.8, 4) is 0 Å². The Bertz CT molecular complexity index is 438. The first kappa shape index (κ1) is 12.9. The molecule has 3 nitrogen and oxygen atoms in total. The van der Waals surface area contributed by atoms with Gasteiger partial charge in [0.05, 0.1) is 6.54 Å². The second kappa shape index (κ2) is 5.42. The van der Waals surface area contributed by atoms with Crippen molar-refractivity contribution < 1.29 is 4.79 Å². The Kier molecular flexibility index (Phi) is 3.90. The average molecular weight is 246 g/mol. The van der Waals surface area contributed by atoms with Crippen LogP contribution in [0.5, 0.6) is 0 Å². The van der Waals surface area contributed by atoms with E-state index in [0.717, 1.165) is 24.9 Å². The average Bonchev–Trinajstić information content (AvgIpc) is 3.20.